The highest BCUT2D eigenvalue weighted by Crippen LogP contribution is 2.20. The second kappa shape index (κ2) is 6.19. The fourth-order valence-corrected chi connectivity index (χ4v) is 1.47. The highest BCUT2D eigenvalue weighted by Gasteiger charge is 2.05. The van der Waals surface area contributed by atoms with Crippen molar-refractivity contribution in [2.45, 2.75) is 0 Å². The predicted molar refractivity (Wildman–Crippen MR) is 74.3 cm³/mol. The summed E-state index contributed by atoms with van der Waals surface area (Å²) in [6.07, 6.45) is 0. The van der Waals surface area contributed by atoms with Crippen LogP contribution < -0.4 is 5.43 Å². The molecule has 2 aromatic rings. The summed E-state index contributed by atoms with van der Waals surface area (Å²) in [6, 6.07) is 11.3. The summed E-state index contributed by atoms with van der Waals surface area (Å²) in [5.74, 6) is 0. The first-order valence-electron chi connectivity index (χ1n) is 5.72. The summed E-state index contributed by atoms with van der Waals surface area (Å²) in [5, 5.41) is 28.6. The molecule has 0 aromatic heterocycles. The zero-order valence-electron chi connectivity index (χ0n) is 10.5. The molecule has 0 amide bonds. The Labute approximate surface area is 118 Å². The summed E-state index contributed by atoms with van der Waals surface area (Å²) >= 11 is 0. The molecule has 0 atom stereocenters. The fraction of sp³-hybridized carbons (Fsp3) is 0. The Morgan fingerprint density at radius 3 is 2.19 bits per heavy atom. The first kappa shape index (κ1) is 14.1. The number of benzene rings is 2. The average molecular weight is 287 g/mol. The van der Waals surface area contributed by atoms with Crippen molar-refractivity contribution >= 4 is 22.7 Å². The lowest BCUT2D eigenvalue weighted by Crippen LogP contribution is -1.90. The summed E-state index contributed by atoms with van der Waals surface area (Å²) in [5.41, 5.74) is 3.27. The molecule has 106 valence electrons. The molecule has 2 rings (SSSR count). The largest absolute Gasteiger partial charge is 0.271 e. The van der Waals surface area contributed by atoms with Crippen LogP contribution in [0.4, 0.5) is 22.7 Å². The van der Waals surface area contributed by atoms with Gasteiger partial charge >= 0.3 is 0 Å². The van der Waals surface area contributed by atoms with Crippen LogP contribution in [-0.2, 0) is 0 Å². The number of nitro groups is 2. The molecule has 0 aliphatic heterocycles. The summed E-state index contributed by atoms with van der Waals surface area (Å²) in [7, 11) is 0. The van der Waals surface area contributed by atoms with E-state index in [1.807, 2.05) is 0 Å². The van der Waals surface area contributed by atoms with Gasteiger partial charge in [-0.05, 0) is 18.2 Å². The van der Waals surface area contributed by atoms with E-state index in [1.54, 1.807) is 6.07 Å². The maximum absolute atomic E-state index is 10.6. The van der Waals surface area contributed by atoms with Gasteiger partial charge < -0.3 is 0 Å². The molecule has 0 saturated heterocycles. The molecule has 0 aliphatic rings. The first-order valence-corrected chi connectivity index (χ1v) is 5.72. The molecular weight excluding hydrogens is 278 g/mol. The molecule has 1 N–H and O–H groups in total. The van der Waals surface area contributed by atoms with Gasteiger partial charge in [-0.2, -0.15) is 0 Å². The number of hydrogen-bond donors (Lipinski definition) is 1. The number of anilines is 1. The Morgan fingerprint density at radius 2 is 1.57 bits per heavy atom. The van der Waals surface area contributed by atoms with Gasteiger partial charge in [0.2, 0.25) is 0 Å². The third-order valence-electron chi connectivity index (χ3n) is 2.46. The van der Waals surface area contributed by atoms with Crippen LogP contribution in [0.25, 0.3) is 0 Å². The summed E-state index contributed by atoms with van der Waals surface area (Å²) in [4.78, 5) is 20.1. The Kier molecular flexibility index (Phi) is 4.14. The van der Waals surface area contributed by atoms with Crippen LogP contribution in [0.1, 0.15) is 0 Å². The number of hydrogen-bond acceptors (Lipinski definition) is 6. The zero-order chi connectivity index (χ0) is 15.2. The van der Waals surface area contributed by atoms with Crippen LogP contribution in [0.15, 0.2) is 58.9 Å². The highest BCUT2D eigenvalue weighted by molar-refractivity contribution is 5.50. The normalized spacial score (nSPS) is 10.5. The van der Waals surface area contributed by atoms with Crippen molar-refractivity contribution in [1.82, 2.24) is 0 Å². The van der Waals surface area contributed by atoms with Gasteiger partial charge in [0, 0.05) is 24.3 Å². The second-order valence-electron chi connectivity index (χ2n) is 3.89. The van der Waals surface area contributed by atoms with E-state index in [2.05, 4.69) is 15.8 Å². The molecule has 0 bridgehead atoms. The first-order chi connectivity index (χ1) is 10.1. The number of nitrogens with one attached hydrogen (secondary N) is 1. The average Bonchev–Trinajstić information content (AvgIpc) is 2.48. The van der Waals surface area contributed by atoms with Gasteiger partial charge in [0.15, 0.2) is 0 Å². The second-order valence-corrected chi connectivity index (χ2v) is 3.89. The van der Waals surface area contributed by atoms with Gasteiger partial charge in [-0.15, -0.1) is 5.11 Å². The Bertz CT molecular complexity index is 699. The predicted octanol–water partition coefficient (Wildman–Crippen LogP) is 3.61. The topological polar surface area (TPSA) is 123 Å². The van der Waals surface area contributed by atoms with Gasteiger partial charge in [0.25, 0.3) is 11.4 Å². The number of nitrogens with zero attached hydrogens (tertiary/aromatic N) is 4. The fourth-order valence-electron chi connectivity index (χ4n) is 1.47. The number of rotatable bonds is 5. The van der Waals surface area contributed by atoms with Gasteiger partial charge in [-0.1, -0.05) is 11.3 Å². The Morgan fingerprint density at radius 1 is 0.905 bits per heavy atom. The minimum atomic E-state index is -0.515. The van der Waals surface area contributed by atoms with E-state index in [1.165, 1.54) is 42.5 Å². The SMILES string of the molecule is O=[N+]([O-])c1ccc(N=NNc2cccc([N+](=O)[O-])c2)cc1. The van der Waals surface area contributed by atoms with Crippen molar-refractivity contribution < 1.29 is 9.85 Å². The van der Waals surface area contributed by atoms with Crippen LogP contribution >= 0.6 is 0 Å². The van der Waals surface area contributed by atoms with Crippen molar-refractivity contribution in [2.75, 3.05) is 5.43 Å². The third kappa shape index (κ3) is 3.80. The number of nitro benzene ring substituents is 2. The van der Waals surface area contributed by atoms with E-state index >= 15 is 0 Å². The van der Waals surface area contributed by atoms with Crippen molar-refractivity contribution in [1.29, 1.82) is 0 Å². The summed E-state index contributed by atoms with van der Waals surface area (Å²) < 4.78 is 0. The van der Waals surface area contributed by atoms with E-state index in [0.717, 1.165) is 0 Å². The van der Waals surface area contributed by atoms with Crippen LogP contribution in [0, 0.1) is 20.2 Å². The molecule has 21 heavy (non-hydrogen) atoms. The van der Waals surface area contributed by atoms with Crippen molar-refractivity contribution in [3.05, 3.63) is 68.8 Å². The van der Waals surface area contributed by atoms with Gasteiger partial charge in [0.1, 0.15) is 0 Å². The van der Waals surface area contributed by atoms with Gasteiger partial charge in [-0.25, -0.2) is 0 Å². The van der Waals surface area contributed by atoms with Crippen LogP contribution in [-0.4, -0.2) is 9.85 Å². The Balaban J connectivity index is 2.03. The van der Waals surface area contributed by atoms with Crippen molar-refractivity contribution in [2.24, 2.45) is 10.3 Å². The maximum atomic E-state index is 10.6. The van der Waals surface area contributed by atoms with E-state index in [4.69, 9.17) is 0 Å². The van der Waals surface area contributed by atoms with Crippen LogP contribution in [0.3, 0.4) is 0 Å². The molecular formula is C12H9N5O4. The molecule has 0 fully saturated rings. The van der Waals surface area contributed by atoms with E-state index < -0.39 is 9.85 Å². The monoisotopic (exact) mass is 287 g/mol. The summed E-state index contributed by atoms with van der Waals surface area (Å²) in [6.45, 7) is 0. The molecule has 0 saturated carbocycles. The van der Waals surface area contributed by atoms with Gasteiger partial charge in [0.05, 0.1) is 21.2 Å². The molecule has 0 radical (unpaired) electrons. The van der Waals surface area contributed by atoms with Gasteiger partial charge in [-0.3, -0.25) is 25.7 Å². The molecule has 0 unspecified atom stereocenters. The minimum absolute atomic E-state index is 0.0411. The lowest BCUT2D eigenvalue weighted by molar-refractivity contribution is -0.385. The van der Waals surface area contributed by atoms with Crippen molar-refractivity contribution in [3.8, 4) is 0 Å². The van der Waals surface area contributed by atoms with Crippen LogP contribution in [0.2, 0.25) is 0 Å². The smallest absolute Gasteiger partial charge is 0.260 e. The minimum Gasteiger partial charge on any atom is -0.260 e. The Hall–Kier alpha value is -3.36. The standard InChI is InChI=1S/C12H9N5O4/c18-16(19)11-6-4-9(5-7-11)13-15-14-10-2-1-3-12(8-10)17(20)21/h1-8H,(H,13,14). The van der Waals surface area contributed by atoms with E-state index in [0.29, 0.717) is 11.4 Å². The van der Waals surface area contributed by atoms with E-state index in [-0.39, 0.29) is 11.4 Å². The molecule has 2 aromatic carbocycles. The zero-order valence-corrected chi connectivity index (χ0v) is 10.5. The quantitative estimate of drug-likeness (QED) is 0.511. The maximum Gasteiger partial charge on any atom is 0.271 e. The number of non-ortho nitro benzene ring substituents is 2. The molecule has 0 aliphatic carbocycles. The molecule has 0 spiro atoms. The lowest BCUT2D eigenvalue weighted by atomic mass is 10.3. The van der Waals surface area contributed by atoms with E-state index in [9.17, 15) is 20.2 Å². The third-order valence-corrected chi connectivity index (χ3v) is 2.46. The van der Waals surface area contributed by atoms with Crippen LogP contribution in [0.5, 0.6) is 0 Å². The molecule has 0 heterocycles. The lowest BCUT2D eigenvalue weighted by Gasteiger charge is -1.98. The molecule has 9 nitrogen and oxygen atoms in total. The van der Waals surface area contributed by atoms with Crippen molar-refractivity contribution in [3.63, 3.8) is 0 Å². The highest BCUT2D eigenvalue weighted by atomic mass is 16.6. The molecule has 9 heteroatoms.